The summed E-state index contributed by atoms with van der Waals surface area (Å²) >= 11 is 4.82. The number of imidazole rings is 1. The lowest BCUT2D eigenvalue weighted by Crippen LogP contribution is -2.13. The first kappa shape index (κ1) is 12.7. The summed E-state index contributed by atoms with van der Waals surface area (Å²) in [6.07, 6.45) is 4.52. The second-order valence-electron chi connectivity index (χ2n) is 4.00. The van der Waals surface area contributed by atoms with E-state index in [2.05, 4.69) is 4.98 Å². The zero-order chi connectivity index (χ0) is 13.1. The maximum Gasteiger partial charge on any atom is 0.133 e. The van der Waals surface area contributed by atoms with Crippen LogP contribution in [-0.2, 0) is 13.0 Å². The number of benzene rings is 1. The maximum atomic E-state index is 13.5. The SMILES string of the molecule is CCc1nccn1Cc1ccc(F)c(C(N)=S)c1. The van der Waals surface area contributed by atoms with Gasteiger partial charge in [-0.2, -0.15) is 0 Å². The van der Waals surface area contributed by atoms with Gasteiger partial charge in [0.15, 0.2) is 0 Å². The summed E-state index contributed by atoms with van der Waals surface area (Å²) in [5, 5.41) is 0. The van der Waals surface area contributed by atoms with Gasteiger partial charge in [-0.3, -0.25) is 0 Å². The van der Waals surface area contributed by atoms with Gasteiger partial charge < -0.3 is 10.3 Å². The van der Waals surface area contributed by atoms with Gasteiger partial charge >= 0.3 is 0 Å². The number of aryl methyl sites for hydroxylation is 1. The zero-order valence-electron chi connectivity index (χ0n) is 10.1. The molecule has 1 aromatic heterocycles. The molecule has 18 heavy (non-hydrogen) atoms. The van der Waals surface area contributed by atoms with Gasteiger partial charge in [0, 0.05) is 30.9 Å². The molecular formula is C13H14FN3S. The van der Waals surface area contributed by atoms with E-state index in [1.54, 1.807) is 18.3 Å². The number of hydrogen-bond donors (Lipinski definition) is 1. The molecule has 2 rings (SSSR count). The molecule has 5 heteroatoms. The largest absolute Gasteiger partial charge is 0.389 e. The average Bonchev–Trinajstić information content (AvgIpc) is 2.78. The molecule has 0 radical (unpaired) electrons. The van der Waals surface area contributed by atoms with E-state index in [1.807, 2.05) is 17.7 Å². The predicted octanol–water partition coefficient (Wildman–Crippen LogP) is 2.27. The molecule has 0 aliphatic carbocycles. The van der Waals surface area contributed by atoms with Crippen LogP contribution in [0.15, 0.2) is 30.6 Å². The second-order valence-corrected chi connectivity index (χ2v) is 4.44. The Balaban J connectivity index is 2.30. The molecule has 0 aliphatic heterocycles. The van der Waals surface area contributed by atoms with E-state index >= 15 is 0 Å². The Morgan fingerprint density at radius 2 is 2.28 bits per heavy atom. The van der Waals surface area contributed by atoms with E-state index in [0.717, 1.165) is 17.8 Å². The molecule has 94 valence electrons. The lowest BCUT2D eigenvalue weighted by molar-refractivity contribution is 0.623. The smallest absolute Gasteiger partial charge is 0.133 e. The van der Waals surface area contributed by atoms with Gasteiger partial charge in [0.05, 0.1) is 0 Å². The molecule has 0 unspecified atom stereocenters. The fraction of sp³-hybridized carbons (Fsp3) is 0.231. The fourth-order valence-corrected chi connectivity index (χ4v) is 2.01. The summed E-state index contributed by atoms with van der Waals surface area (Å²) in [7, 11) is 0. The number of hydrogen-bond acceptors (Lipinski definition) is 2. The summed E-state index contributed by atoms with van der Waals surface area (Å²) in [5.74, 6) is 0.615. The third kappa shape index (κ3) is 2.56. The van der Waals surface area contributed by atoms with Crippen molar-refractivity contribution < 1.29 is 4.39 Å². The Kier molecular flexibility index (Phi) is 3.72. The summed E-state index contributed by atoms with van der Waals surface area (Å²) in [6.45, 7) is 2.68. The van der Waals surface area contributed by atoms with Crippen molar-refractivity contribution in [2.75, 3.05) is 0 Å². The number of aromatic nitrogens is 2. The van der Waals surface area contributed by atoms with Crippen molar-refractivity contribution in [2.24, 2.45) is 5.73 Å². The van der Waals surface area contributed by atoms with Crippen molar-refractivity contribution in [1.82, 2.24) is 9.55 Å². The lowest BCUT2D eigenvalue weighted by Gasteiger charge is -2.08. The third-order valence-electron chi connectivity index (χ3n) is 2.77. The van der Waals surface area contributed by atoms with Crippen LogP contribution in [0.3, 0.4) is 0 Å². The topological polar surface area (TPSA) is 43.8 Å². The molecule has 0 bridgehead atoms. The summed E-state index contributed by atoms with van der Waals surface area (Å²) < 4.78 is 15.5. The van der Waals surface area contributed by atoms with Crippen LogP contribution in [0.4, 0.5) is 4.39 Å². The first-order valence-corrected chi connectivity index (χ1v) is 6.11. The van der Waals surface area contributed by atoms with Crippen LogP contribution in [0.1, 0.15) is 23.9 Å². The van der Waals surface area contributed by atoms with Crippen LogP contribution in [-0.4, -0.2) is 14.5 Å². The van der Waals surface area contributed by atoms with Crippen LogP contribution in [0, 0.1) is 5.82 Å². The van der Waals surface area contributed by atoms with E-state index in [4.69, 9.17) is 18.0 Å². The summed E-state index contributed by atoms with van der Waals surface area (Å²) in [6, 6.07) is 4.82. The molecule has 0 atom stereocenters. The molecule has 0 spiro atoms. The van der Waals surface area contributed by atoms with E-state index in [1.165, 1.54) is 6.07 Å². The standard InChI is InChI=1S/C13H14FN3S/c1-2-12-16-5-6-17(12)8-9-3-4-11(14)10(7-9)13(15)18/h3-7H,2,8H2,1H3,(H2,15,18). The summed E-state index contributed by atoms with van der Waals surface area (Å²) in [4.78, 5) is 4.32. The van der Waals surface area contributed by atoms with Gasteiger partial charge in [0.25, 0.3) is 0 Å². The van der Waals surface area contributed by atoms with Crippen LogP contribution < -0.4 is 5.73 Å². The van der Waals surface area contributed by atoms with Crippen molar-refractivity contribution in [3.05, 3.63) is 53.4 Å². The number of rotatable bonds is 4. The lowest BCUT2D eigenvalue weighted by atomic mass is 10.1. The van der Waals surface area contributed by atoms with Crippen molar-refractivity contribution in [3.63, 3.8) is 0 Å². The van der Waals surface area contributed by atoms with Crippen molar-refractivity contribution in [1.29, 1.82) is 0 Å². The Bertz CT molecular complexity index is 577. The minimum Gasteiger partial charge on any atom is -0.389 e. The van der Waals surface area contributed by atoms with Crippen LogP contribution >= 0.6 is 12.2 Å². The van der Waals surface area contributed by atoms with E-state index < -0.39 is 0 Å². The molecule has 0 aliphatic rings. The molecule has 2 aromatic rings. The Labute approximate surface area is 110 Å². The molecule has 3 nitrogen and oxygen atoms in total. The second kappa shape index (κ2) is 5.27. The molecule has 0 amide bonds. The number of thiocarbonyl (C=S) groups is 1. The monoisotopic (exact) mass is 263 g/mol. The Morgan fingerprint density at radius 3 is 2.94 bits per heavy atom. The van der Waals surface area contributed by atoms with Gasteiger partial charge in [-0.15, -0.1) is 0 Å². The highest BCUT2D eigenvalue weighted by molar-refractivity contribution is 7.80. The van der Waals surface area contributed by atoms with Crippen LogP contribution in [0.25, 0.3) is 0 Å². The van der Waals surface area contributed by atoms with Gasteiger partial charge in [-0.1, -0.05) is 25.2 Å². The molecule has 0 saturated carbocycles. The fourth-order valence-electron chi connectivity index (χ4n) is 1.85. The number of halogens is 1. The van der Waals surface area contributed by atoms with Crippen molar-refractivity contribution in [2.45, 2.75) is 19.9 Å². The quantitative estimate of drug-likeness (QED) is 0.861. The third-order valence-corrected chi connectivity index (χ3v) is 2.99. The highest BCUT2D eigenvalue weighted by Gasteiger charge is 2.07. The van der Waals surface area contributed by atoms with Crippen molar-refractivity contribution >= 4 is 17.2 Å². The van der Waals surface area contributed by atoms with Crippen molar-refractivity contribution in [3.8, 4) is 0 Å². The maximum absolute atomic E-state index is 13.5. The molecular weight excluding hydrogens is 249 g/mol. The molecule has 0 saturated heterocycles. The summed E-state index contributed by atoms with van der Waals surface area (Å²) in [5.41, 5.74) is 6.73. The normalized spacial score (nSPS) is 10.6. The first-order chi connectivity index (χ1) is 8.61. The minimum atomic E-state index is -0.382. The predicted molar refractivity (Wildman–Crippen MR) is 73.0 cm³/mol. The van der Waals surface area contributed by atoms with Crippen LogP contribution in [0.5, 0.6) is 0 Å². The highest BCUT2D eigenvalue weighted by Crippen LogP contribution is 2.13. The molecule has 2 N–H and O–H groups in total. The zero-order valence-corrected chi connectivity index (χ0v) is 10.9. The minimum absolute atomic E-state index is 0.0793. The van der Waals surface area contributed by atoms with Gasteiger partial charge in [0.1, 0.15) is 16.6 Å². The van der Waals surface area contributed by atoms with E-state index in [0.29, 0.717) is 12.1 Å². The Morgan fingerprint density at radius 1 is 1.50 bits per heavy atom. The van der Waals surface area contributed by atoms with Gasteiger partial charge in [-0.25, -0.2) is 9.37 Å². The van der Waals surface area contributed by atoms with Gasteiger partial charge in [0.2, 0.25) is 0 Å². The van der Waals surface area contributed by atoms with E-state index in [9.17, 15) is 4.39 Å². The Hall–Kier alpha value is -1.75. The van der Waals surface area contributed by atoms with Gasteiger partial charge in [-0.05, 0) is 17.7 Å². The van der Waals surface area contributed by atoms with E-state index in [-0.39, 0.29) is 10.8 Å². The molecule has 0 fully saturated rings. The van der Waals surface area contributed by atoms with Crippen LogP contribution in [0.2, 0.25) is 0 Å². The number of nitrogens with two attached hydrogens (primary N) is 1. The molecule has 1 heterocycles. The molecule has 1 aromatic carbocycles. The highest BCUT2D eigenvalue weighted by atomic mass is 32.1. The number of nitrogens with zero attached hydrogens (tertiary/aromatic N) is 2. The first-order valence-electron chi connectivity index (χ1n) is 5.70. The average molecular weight is 263 g/mol.